The lowest BCUT2D eigenvalue weighted by Crippen LogP contribution is -2.20. The maximum atomic E-state index is 14.1. The number of nitrogens with zero attached hydrogens (tertiary/aromatic N) is 2. The third-order valence-electron chi connectivity index (χ3n) is 2.89. The molecule has 0 fully saturated rings. The number of rotatable bonds is 4. The van der Waals surface area contributed by atoms with Crippen LogP contribution < -0.4 is 11.1 Å². The van der Waals surface area contributed by atoms with Gasteiger partial charge in [0.25, 0.3) is 5.91 Å². The van der Waals surface area contributed by atoms with Crippen molar-refractivity contribution in [3.63, 3.8) is 0 Å². The number of nitrogens with two attached hydrogens (primary N) is 1. The van der Waals surface area contributed by atoms with Crippen LogP contribution in [0.3, 0.4) is 0 Å². The summed E-state index contributed by atoms with van der Waals surface area (Å²) < 4.78 is 15.4. The lowest BCUT2D eigenvalue weighted by molar-refractivity contribution is 0.0957. The first-order valence-electron chi connectivity index (χ1n) is 6.34. The average molecular weight is 276 g/mol. The minimum atomic E-state index is -0.394. The van der Waals surface area contributed by atoms with Crippen LogP contribution in [0, 0.1) is 5.82 Å². The number of hydrogen-bond donors (Lipinski definition) is 2. The molecule has 0 aliphatic carbocycles. The van der Waals surface area contributed by atoms with Crippen LogP contribution in [-0.2, 0) is 6.42 Å². The second-order valence-electron chi connectivity index (χ2n) is 4.65. The van der Waals surface area contributed by atoms with Crippen molar-refractivity contribution in [3.8, 4) is 5.69 Å². The van der Waals surface area contributed by atoms with E-state index in [0.29, 0.717) is 12.1 Å². The van der Waals surface area contributed by atoms with Gasteiger partial charge in [0, 0.05) is 19.3 Å². The van der Waals surface area contributed by atoms with E-state index < -0.39 is 5.82 Å². The van der Waals surface area contributed by atoms with E-state index in [0.717, 1.165) is 5.56 Å². The van der Waals surface area contributed by atoms with Crippen LogP contribution >= 0.6 is 0 Å². The van der Waals surface area contributed by atoms with Crippen LogP contribution in [0.4, 0.5) is 4.39 Å². The summed E-state index contributed by atoms with van der Waals surface area (Å²) in [5, 5.41) is 6.58. The lowest BCUT2D eigenvalue weighted by atomic mass is 10.1. The van der Waals surface area contributed by atoms with Gasteiger partial charge in [0.15, 0.2) is 5.69 Å². The number of aromatic nitrogens is 2. The first-order valence-corrected chi connectivity index (χ1v) is 6.34. The zero-order chi connectivity index (χ0) is 14.7. The van der Waals surface area contributed by atoms with Gasteiger partial charge in [-0.05, 0) is 31.0 Å². The second-order valence-corrected chi connectivity index (χ2v) is 4.65. The largest absolute Gasteiger partial charge is 0.354 e. The van der Waals surface area contributed by atoms with Crippen molar-refractivity contribution < 1.29 is 9.18 Å². The molecule has 0 bridgehead atoms. The molecule has 3 N–H and O–H groups in total. The van der Waals surface area contributed by atoms with E-state index in [1.807, 2.05) is 13.0 Å². The molecule has 1 aromatic carbocycles. The standard InChI is InChI=1S/C14H17FN4O/c1-9(16)8-10-4-3-5-11(15)13(10)19-7-6-12(18-19)14(20)17-2/h3-7,9H,8,16H2,1-2H3,(H,17,20). The third kappa shape index (κ3) is 2.85. The van der Waals surface area contributed by atoms with Crippen LogP contribution in [0.2, 0.25) is 0 Å². The third-order valence-corrected chi connectivity index (χ3v) is 2.89. The maximum Gasteiger partial charge on any atom is 0.271 e. The van der Waals surface area contributed by atoms with Crippen LogP contribution in [0.25, 0.3) is 5.69 Å². The van der Waals surface area contributed by atoms with Crippen molar-refractivity contribution in [1.82, 2.24) is 15.1 Å². The molecule has 6 heteroatoms. The van der Waals surface area contributed by atoms with Gasteiger partial charge < -0.3 is 11.1 Å². The fraction of sp³-hybridized carbons (Fsp3) is 0.286. The van der Waals surface area contributed by atoms with Gasteiger partial charge in [0.1, 0.15) is 11.5 Å². The minimum absolute atomic E-state index is 0.0930. The topological polar surface area (TPSA) is 72.9 Å². The number of carbonyl (C=O) groups is 1. The van der Waals surface area contributed by atoms with E-state index >= 15 is 0 Å². The van der Waals surface area contributed by atoms with Crippen molar-refractivity contribution in [3.05, 3.63) is 47.5 Å². The zero-order valence-electron chi connectivity index (χ0n) is 11.4. The van der Waals surface area contributed by atoms with E-state index in [9.17, 15) is 9.18 Å². The highest BCUT2D eigenvalue weighted by Crippen LogP contribution is 2.19. The molecule has 0 saturated carbocycles. The van der Waals surface area contributed by atoms with E-state index in [4.69, 9.17) is 5.73 Å². The Labute approximate surface area is 116 Å². The van der Waals surface area contributed by atoms with Gasteiger partial charge in [-0.3, -0.25) is 4.79 Å². The quantitative estimate of drug-likeness (QED) is 0.883. The molecule has 5 nitrogen and oxygen atoms in total. The van der Waals surface area contributed by atoms with Gasteiger partial charge in [0.05, 0.1) is 0 Å². The molecule has 2 aromatic rings. The van der Waals surface area contributed by atoms with Crippen molar-refractivity contribution in [1.29, 1.82) is 0 Å². The highest BCUT2D eigenvalue weighted by molar-refractivity contribution is 5.91. The molecule has 106 valence electrons. The molecular formula is C14H17FN4O. The van der Waals surface area contributed by atoms with Gasteiger partial charge in [-0.1, -0.05) is 12.1 Å². The number of para-hydroxylation sites is 1. The summed E-state index contributed by atoms with van der Waals surface area (Å²) in [5.41, 5.74) is 7.11. The molecule has 1 unspecified atom stereocenters. The van der Waals surface area contributed by atoms with Crippen LogP contribution in [0.15, 0.2) is 30.5 Å². The molecule has 1 heterocycles. The van der Waals surface area contributed by atoms with E-state index in [1.165, 1.54) is 17.8 Å². The molecule has 0 spiro atoms. The highest BCUT2D eigenvalue weighted by Gasteiger charge is 2.15. The second kappa shape index (κ2) is 5.83. The van der Waals surface area contributed by atoms with E-state index in [2.05, 4.69) is 10.4 Å². The van der Waals surface area contributed by atoms with Crippen molar-refractivity contribution in [2.75, 3.05) is 7.05 Å². The molecule has 0 radical (unpaired) electrons. The summed E-state index contributed by atoms with van der Waals surface area (Å²) in [7, 11) is 1.52. The smallest absolute Gasteiger partial charge is 0.271 e. The van der Waals surface area contributed by atoms with Crippen molar-refractivity contribution in [2.45, 2.75) is 19.4 Å². The predicted molar refractivity (Wildman–Crippen MR) is 74.3 cm³/mol. The first-order chi connectivity index (χ1) is 9.52. The molecule has 0 aliphatic rings. The highest BCUT2D eigenvalue weighted by atomic mass is 19.1. The van der Waals surface area contributed by atoms with Crippen LogP contribution in [0.1, 0.15) is 23.0 Å². The summed E-state index contributed by atoms with van der Waals surface area (Å²) in [6, 6.07) is 6.26. The monoisotopic (exact) mass is 276 g/mol. The van der Waals surface area contributed by atoms with E-state index in [-0.39, 0.29) is 17.6 Å². The van der Waals surface area contributed by atoms with Gasteiger partial charge in [-0.2, -0.15) is 5.10 Å². The van der Waals surface area contributed by atoms with Gasteiger partial charge in [0.2, 0.25) is 0 Å². The Hall–Kier alpha value is -2.21. The summed E-state index contributed by atoms with van der Waals surface area (Å²) in [6.45, 7) is 1.85. The summed E-state index contributed by atoms with van der Waals surface area (Å²) >= 11 is 0. The number of benzene rings is 1. The first kappa shape index (κ1) is 14.2. The van der Waals surface area contributed by atoms with Gasteiger partial charge in [-0.15, -0.1) is 0 Å². The predicted octanol–water partition coefficient (Wildman–Crippen LogP) is 1.26. The Kier molecular flexibility index (Phi) is 4.14. The fourth-order valence-electron chi connectivity index (χ4n) is 2.03. The Morgan fingerprint density at radius 2 is 2.25 bits per heavy atom. The summed E-state index contributed by atoms with van der Waals surface area (Å²) in [6.07, 6.45) is 2.09. The van der Waals surface area contributed by atoms with Crippen molar-refractivity contribution >= 4 is 5.91 Å². The van der Waals surface area contributed by atoms with Crippen LogP contribution in [0.5, 0.6) is 0 Å². The van der Waals surface area contributed by atoms with Crippen LogP contribution in [-0.4, -0.2) is 28.8 Å². The Morgan fingerprint density at radius 3 is 2.90 bits per heavy atom. The number of hydrogen-bond acceptors (Lipinski definition) is 3. The molecule has 1 aromatic heterocycles. The summed E-state index contributed by atoms with van der Waals surface area (Å²) in [5.74, 6) is -0.705. The molecule has 20 heavy (non-hydrogen) atoms. The van der Waals surface area contributed by atoms with E-state index in [1.54, 1.807) is 18.3 Å². The fourth-order valence-corrected chi connectivity index (χ4v) is 2.03. The Morgan fingerprint density at radius 1 is 1.50 bits per heavy atom. The molecule has 1 amide bonds. The SMILES string of the molecule is CNC(=O)c1ccn(-c2c(F)cccc2CC(C)N)n1. The average Bonchev–Trinajstić information content (AvgIpc) is 2.86. The van der Waals surface area contributed by atoms with Crippen molar-refractivity contribution in [2.24, 2.45) is 5.73 Å². The zero-order valence-corrected chi connectivity index (χ0v) is 11.4. The number of amides is 1. The lowest BCUT2D eigenvalue weighted by Gasteiger charge is -2.12. The number of carbonyl (C=O) groups excluding carboxylic acids is 1. The molecule has 1 atom stereocenters. The normalized spacial score (nSPS) is 12.2. The molecule has 0 saturated heterocycles. The summed E-state index contributed by atoms with van der Waals surface area (Å²) in [4.78, 5) is 11.5. The number of nitrogens with one attached hydrogen (secondary N) is 1. The van der Waals surface area contributed by atoms with Gasteiger partial charge in [-0.25, -0.2) is 9.07 Å². The molecule has 2 rings (SSSR count). The molecular weight excluding hydrogens is 259 g/mol. The van der Waals surface area contributed by atoms with Gasteiger partial charge >= 0.3 is 0 Å². The Bertz CT molecular complexity index is 621. The Balaban J connectivity index is 2.46. The number of halogens is 1. The minimum Gasteiger partial charge on any atom is -0.354 e. The maximum absolute atomic E-state index is 14.1. The molecule has 0 aliphatic heterocycles.